The molecular formula is C67H53I12N3O12. The highest BCUT2D eigenvalue weighted by Crippen LogP contribution is 2.42. The van der Waals surface area contributed by atoms with Crippen LogP contribution in [-0.4, -0.2) is 80.3 Å². The molecule has 0 radical (unpaired) electrons. The van der Waals surface area contributed by atoms with Crippen molar-refractivity contribution in [2.24, 2.45) is 0 Å². The number of likely N-dealkylation sites (N-methyl/N-ethyl adjacent to an activating group) is 2. The number of hydrogen-bond acceptors (Lipinski definition) is 12. The van der Waals surface area contributed by atoms with E-state index in [0.29, 0.717) is 49.5 Å². The van der Waals surface area contributed by atoms with Crippen LogP contribution in [0.1, 0.15) is 40.3 Å². The molecule has 0 aliphatic carbocycles. The zero-order chi connectivity index (χ0) is 68.7. The number of aliphatic carboxylic acids is 3. The van der Waals surface area contributed by atoms with Gasteiger partial charge in [-0.3, -0.25) is 19.7 Å². The van der Waals surface area contributed by atoms with Crippen molar-refractivity contribution in [3.05, 3.63) is 240 Å². The highest BCUT2D eigenvalue weighted by Gasteiger charge is 2.40. The number of carboxylic acid groups (broad SMARTS) is 3. The number of carbonyl (C=O) groups is 3. The van der Waals surface area contributed by atoms with Gasteiger partial charge in [0, 0.05) is 0 Å². The summed E-state index contributed by atoms with van der Waals surface area (Å²) in [7, 11) is 1.64. The quantitative estimate of drug-likeness (QED) is 0.0214. The summed E-state index contributed by atoms with van der Waals surface area (Å²) in [6.07, 6.45) is 1.06. The Labute approximate surface area is 707 Å². The van der Waals surface area contributed by atoms with Gasteiger partial charge in [0.1, 0.15) is 52.6 Å². The number of aromatic hydroxyl groups is 3. The molecule has 0 heterocycles. The van der Waals surface area contributed by atoms with Crippen LogP contribution in [0.5, 0.6) is 51.7 Å². The minimum Gasteiger partial charge on any atom is -0.506 e. The van der Waals surface area contributed by atoms with Crippen LogP contribution >= 0.6 is 271 Å². The third-order valence-corrected chi connectivity index (χ3v) is 23.6. The van der Waals surface area contributed by atoms with Crippen molar-refractivity contribution >= 4 is 289 Å². The lowest BCUT2D eigenvalue weighted by Gasteiger charge is -2.39. The molecule has 0 amide bonds. The molecule has 27 heteroatoms. The summed E-state index contributed by atoms with van der Waals surface area (Å²) < 4.78 is 28.0. The van der Waals surface area contributed by atoms with E-state index in [9.17, 15) is 45.0 Å². The fourth-order valence-corrected chi connectivity index (χ4v) is 20.9. The zero-order valence-corrected chi connectivity index (χ0v) is 74.7. The maximum Gasteiger partial charge on any atom is 0.321 e. The molecule has 0 aliphatic heterocycles. The maximum absolute atomic E-state index is 12.9. The average Bonchev–Trinajstić information content (AvgIpc) is 0.753. The maximum atomic E-state index is 12.9. The molecule has 492 valence electrons. The first-order valence-corrected chi connectivity index (χ1v) is 40.6. The first kappa shape index (κ1) is 80.1. The van der Waals surface area contributed by atoms with E-state index in [2.05, 4.69) is 287 Å². The monoisotopic (exact) mass is 2610 g/mol. The van der Waals surface area contributed by atoms with Gasteiger partial charge >= 0.3 is 17.9 Å². The Morgan fingerprint density at radius 2 is 0.628 bits per heavy atom. The summed E-state index contributed by atoms with van der Waals surface area (Å²) >= 11 is 25.7. The van der Waals surface area contributed by atoms with Gasteiger partial charge in [-0.2, -0.15) is 0 Å². The van der Waals surface area contributed by atoms with Gasteiger partial charge in [-0.15, -0.1) is 0 Å². The number of halogens is 12. The number of rotatable bonds is 23. The fourth-order valence-electron chi connectivity index (χ4n) is 9.43. The summed E-state index contributed by atoms with van der Waals surface area (Å²) in [5.74, 6) is 2.12. The van der Waals surface area contributed by atoms with E-state index in [1.807, 2.05) is 134 Å². The molecule has 94 heavy (non-hydrogen) atoms. The second-order valence-corrected chi connectivity index (χ2v) is 34.2. The Kier molecular flexibility index (Phi) is 32.6. The van der Waals surface area contributed by atoms with Crippen LogP contribution in [0.4, 0.5) is 0 Å². The molecule has 0 aliphatic rings. The van der Waals surface area contributed by atoms with Crippen LogP contribution < -0.4 is 30.2 Å². The topological polar surface area (TPSA) is 236 Å². The number of benzene rings is 9. The van der Waals surface area contributed by atoms with E-state index in [4.69, 9.17) is 14.2 Å². The summed E-state index contributed by atoms with van der Waals surface area (Å²) in [6.45, 7) is 2.49. The zero-order valence-electron chi connectivity index (χ0n) is 48.8. The van der Waals surface area contributed by atoms with Crippen molar-refractivity contribution in [2.75, 3.05) is 13.6 Å². The molecule has 3 unspecified atom stereocenters. The number of phenolic OH excluding ortho intramolecular Hbond substituents is 3. The van der Waals surface area contributed by atoms with Crippen molar-refractivity contribution < 1.29 is 59.2 Å². The molecule has 0 spiro atoms. The van der Waals surface area contributed by atoms with Crippen LogP contribution in [0.3, 0.4) is 0 Å². The summed E-state index contributed by atoms with van der Waals surface area (Å²) in [6, 6.07) is 50.2. The Balaban J connectivity index is 0.000000212. The van der Waals surface area contributed by atoms with Crippen LogP contribution in [-0.2, 0) is 39.2 Å². The molecule has 0 saturated heterocycles. The summed E-state index contributed by atoms with van der Waals surface area (Å²) in [5.41, 5.74) is 4.67. The third kappa shape index (κ3) is 21.9. The molecule has 9 aromatic carbocycles. The first-order chi connectivity index (χ1) is 44.6. The van der Waals surface area contributed by atoms with Crippen molar-refractivity contribution in [1.82, 2.24) is 16.0 Å². The lowest BCUT2D eigenvalue weighted by molar-refractivity contribution is -0.140. The molecule has 0 saturated carbocycles. The number of ether oxygens (including phenoxy) is 3. The largest absolute Gasteiger partial charge is 0.506 e. The SMILES string of the molecule is CCNC(Cc1cc(I)c(Oc2cc(I)c(O)c(I)c2)c(I)c1)C(=O)O.CNC(Cc1cc(I)c(Oc2cc(I)c(O)c(I)c2)c(I)c1)C(=O)O.O=C(O)C(Cc1cc(I)c(Oc2cc(I)c(O)c(I)c2)c(I)c1)NC(c1ccccc1)(c1ccccc1)c1ccccc1. The molecular weight excluding hydrogens is 2560 g/mol. The van der Waals surface area contributed by atoms with E-state index in [1.165, 1.54) is 0 Å². The summed E-state index contributed by atoms with van der Waals surface area (Å²) in [4.78, 5) is 35.5. The number of hydrogen-bond donors (Lipinski definition) is 9. The van der Waals surface area contributed by atoms with Gasteiger partial charge in [0.15, 0.2) is 17.2 Å². The highest BCUT2D eigenvalue weighted by atomic mass is 127. The average molecular weight is 2620 g/mol. The molecule has 9 N–H and O–H groups in total. The lowest BCUT2D eigenvalue weighted by Crippen LogP contribution is -2.53. The molecule has 0 aromatic heterocycles. The van der Waals surface area contributed by atoms with Crippen LogP contribution in [0.15, 0.2) is 164 Å². The van der Waals surface area contributed by atoms with Gasteiger partial charge in [-0.25, -0.2) is 0 Å². The van der Waals surface area contributed by atoms with E-state index in [0.717, 1.165) is 80.6 Å². The minimum atomic E-state index is -0.939. The Morgan fingerprint density at radius 3 is 0.862 bits per heavy atom. The Bertz CT molecular complexity index is 3950. The van der Waals surface area contributed by atoms with E-state index >= 15 is 0 Å². The summed E-state index contributed by atoms with van der Waals surface area (Å²) in [5, 5.41) is 68.4. The Hall–Kier alpha value is -1.17. The standard InChI is InChI=1S/C34H25I4NO4.C17H15I4NO4.C16H13I4NO4/c35-26-19-25(20-27(36)31(26)40)43-32-28(37)16-21(17-29(32)38)18-30(33(41)42)39-34(22-10-4-1-5-11-22,23-12-6-2-7-13-23)24-14-8-3-9-15-24;1-2-22-14(17(24)25)5-8-3-12(20)16(13(21)4-8)26-9-6-10(18)15(23)11(19)7-9;1-21-13(16(23)24)4-7-2-11(19)15(12(20)3-7)25-8-5-9(17)14(22)10(18)6-8/h1-17,19-20,30,39-40H,18H2,(H,41,42);3-4,6-7,14,22-23H,2,5H2,1H3,(H,24,25);2-3,5-6,13,21-22H,4H2,1H3,(H,23,24). The van der Waals surface area contributed by atoms with Crippen molar-refractivity contribution in [3.8, 4) is 51.7 Å². The van der Waals surface area contributed by atoms with E-state index in [-0.39, 0.29) is 23.7 Å². The molecule has 3 atom stereocenters. The second kappa shape index (κ2) is 38.2. The highest BCUT2D eigenvalue weighted by molar-refractivity contribution is 14.1. The predicted molar refractivity (Wildman–Crippen MR) is 467 cm³/mol. The fraction of sp³-hybridized carbons (Fsp3) is 0.149. The Morgan fingerprint density at radius 1 is 0.383 bits per heavy atom. The first-order valence-electron chi connectivity index (χ1n) is 27.7. The van der Waals surface area contributed by atoms with Gasteiger partial charge in [0.25, 0.3) is 0 Å². The van der Waals surface area contributed by atoms with Crippen LogP contribution in [0, 0.1) is 42.8 Å². The number of phenols is 3. The van der Waals surface area contributed by atoms with Crippen LogP contribution in [0.2, 0.25) is 0 Å². The second-order valence-electron chi connectivity index (χ2n) is 20.3. The van der Waals surface area contributed by atoms with Gasteiger partial charge in [-0.1, -0.05) is 97.9 Å². The van der Waals surface area contributed by atoms with Gasteiger partial charge in [0.2, 0.25) is 0 Å². The van der Waals surface area contributed by atoms with E-state index in [1.54, 1.807) is 43.4 Å². The van der Waals surface area contributed by atoms with Crippen molar-refractivity contribution in [3.63, 3.8) is 0 Å². The molecule has 9 aromatic rings. The minimum absolute atomic E-state index is 0.234. The number of carboxylic acids is 3. The predicted octanol–water partition coefficient (Wildman–Crippen LogP) is 19.2. The van der Waals surface area contributed by atoms with E-state index < -0.39 is 41.6 Å². The third-order valence-electron chi connectivity index (χ3n) is 13.8. The molecule has 0 bridgehead atoms. The van der Waals surface area contributed by atoms with Crippen molar-refractivity contribution in [2.45, 2.75) is 49.9 Å². The molecule has 15 nitrogen and oxygen atoms in total. The number of nitrogens with one attached hydrogen (secondary N) is 3. The molecule has 9 rings (SSSR count). The van der Waals surface area contributed by atoms with Gasteiger partial charge in [0.05, 0.1) is 48.4 Å². The van der Waals surface area contributed by atoms with Crippen molar-refractivity contribution in [1.29, 1.82) is 0 Å². The van der Waals surface area contributed by atoms with Gasteiger partial charge in [-0.05, 0) is 410 Å². The van der Waals surface area contributed by atoms with Gasteiger partial charge < -0.3 is 55.5 Å². The van der Waals surface area contributed by atoms with Crippen LogP contribution in [0.25, 0.3) is 0 Å². The lowest BCUT2D eigenvalue weighted by atomic mass is 9.76. The normalized spacial score (nSPS) is 12.1. The smallest absolute Gasteiger partial charge is 0.321 e. The molecule has 0 fully saturated rings.